The molecule has 3 heteroatoms. The maximum absolute atomic E-state index is 10.8. The van der Waals surface area contributed by atoms with Crippen LogP contribution < -0.4 is 10.6 Å². The zero-order valence-corrected chi connectivity index (χ0v) is 9.71. The Hall–Kier alpha value is -1.51. The summed E-state index contributed by atoms with van der Waals surface area (Å²) < 4.78 is 0. The third-order valence-electron chi connectivity index (χ3n) is 1.76. The number of amides is 2. The molecule has 2 N–H and O–H groups in total. The van der Waals surface area contributed by atoms with Crippen LogP contribution in [0.2, 0.25) is 0 Å². The number of unbranched alkanes of at least 4 members (excludes halogenated alkanes) is 1. The second-order valence-electron chi connectivity index (χ2n) is 3.07. The minimum Gasteiger partial charge on any atom is -0.341 e. The molecule has 0 heterocycles. The van der Waals surface area contributed by atoms with Gasteiger partial charge in [-0.05, 0) is 12.1 Å². The molecule has 1 aromatic rings. The summed E-state index contributed by atoms with van der Waals surface area (Å²) in [5, 5.41) is 5.10. The van der Waals surface area contributed by atoms with Gasteiger partial charge in [0.2, 0.25) is 0 Å². The highest BCUT2D eigenvalue weighted by Gasteiger charge is 1.94. The SMILES string of the molecule is CCCC.CNC(=O)Nc1ccccc1. The molecule has 3 nitrogen and oxygen atoms in total. The maximum Gasteiger partial charge on any atom is 0.318 e. The van der Waals surface area contributed by atoms with Crippen molar-refractivity contribution in [3.63, 3.8) is 0 Å². The van der Waals surface area contributed by atoms with E-state index >= 15 is 0 Å². The number of hydrogen-bond donors (Lipinski definition) is 2. The first-order valence-corrected chi connectivity index (χ1v) is 5.28. The third kappa shape index (κ3) is 7.55. The highest BCUT2D eigenvalue weighted by atomic mass is 16.2. The van der Waals surface area contributed by atoms with Gasteiger partial charge in [0.05, 0.1) is 0 Å². The van der Waals surface area contributed by atoms with Crippen molar-refractivity contribution in [2.45, 2.75) is 26.7 Å². The molecule has 0 saturated carbocycles. The lowest BCUT2D eigenvalue weighted by Gasteiger charge is -2.01. The van der Waals surface area contributed by atoms with E-state index in [1.165, 1.54) is 12.8 Å². The Morgan fingerprint density at radius 1 is 1.13 bits per heavy atom. The second kappa shape index (κ2) is 9.06. The Balaban J connectivity index is 0.000000423. The third-order valence-corrected chi connectivity index (χ3v) is 1.76. The summed E-state index contributed by atoms with van der Waals surface area (Å²) in [4.78, 5) is 10.8. The molecule has 84 valence electrons. The molecular weight excluding hydrogens is 188 g/mol. The lowest BCUT2D eigenvalue weighted by Crippen LogP contribution is -2.24. The molecular formula is C12H20N2O. The fourth-order valence-corrected chi connectivity index (χ4v) is 0.715. The van der Waals surface area contributed by atoms with Crippen LogP contribution in [0.1, 0.15) is 26.7 Å². The van der Waals surface area contributed by atoms with E-state index in [-0.39, 0.29) is 6.03 Å². The number of anilines is 1. The van der Waals surface area contributed by atoms with Crippen molar-refractivity contribution < 1.29 is 4.79 Å². The molecule has 0 spiro atoms. The van der Waals surface area contributed by atoms with E-state index in [1.54, 1.807) is 7.05 Å². The molecule has 0 fully saturated rings. The van der Waals surface area contributed by atoms with Crippen molar-refractivity contribution in [1.29, 1.82) is 0 Å². The normalized spacial score (nSPS) is 8.47. The lowest BCUT2D eigenvalue weighted by atomic mass is 10.3. The molecule has 0 aliphatic heterocycles. The van der Waals surface area contributed by atoms with E-state index in [0.717, 1.165) is 5.69 Å². The quantitative estimate of drug-likeness (QED) is 0.769. The van der Waals surface area contributed by atoms with Crippen molar-refractivity contribution in [1.82, 2.24) is 5.32 Å². The topological polar surface area (TPSA) is 41.1 Å². The average molecular weight is 208 g/mol. The first-order chi connectivity index (χ1) is 7.24. The van der Waals surface area contributed by atoms with E-state index in [2.05, 4.69) is 24.5 Å². The molecule has 0 bridgehead atoms. The number of urea groups is 1. The van der Waals surface area contributed by atoms with Crippen LogP contribution in [-0.2, 0) is 0 Å². The number of rotatable bonds is 2. The number of hydrogen-bond acceptors (Lipinski definition) is 1. The van der Waals surface area contributed by atoms with Gasteiger partial charge in [-0.25, -0.2) is 4.79 Å². The van der Waals surface area contributed by atoms with Crippen LogP contribution in [0.4, 0.5) is 10.5 Å². The lowest BCUT2D eigenvalue weighted by molar-refractivity contribution is 0.254. The van der Waals surface area contributed by atoms with Crippen LogP contribution in [0.5, 0.6) is 0 Å². The van der Waals surface area contributed by atoms with Gasteiger partial charge in [0, 0.05) is 12.7 Å². The monoisotopic (exact) mass is 208 g/mol. The Bertz CT molecular complexity index is 258. The summed E-state index contributed by atoms with van der Waals surface area (Å²) in [5.74, 6) is 0. The minimum absolute atomic E-state index is 0.198. The summed E-state index contributed by atoms with van der Waals surface area (Å²) in [6.45, 7) is 4.36. The van der Waals surface area contributed by atoms with Crippen LogP contribution in [0.15, 0.2) is 30.3 Å². The van der Waals surface area contributed by atoms with Crippen LogP contribution in [0, 0.1) is 0 Å². The van der Waals surface area contributed by atoms with E-state index in [1.807, 2.05) is 30.3 Å². The first-order valence-electron chi connectivity index (χ1n) is 5.28. The van der Waals surface area contributed by atoms with Gasteiger partial charge in [0.15, 0.2) is 0 Å². The van der Waals surface area contributed by atoms with Crippen molar-refractivity contribution in [2.24, 2.45) is 0 Å². The van der Waals surface area contributed by atoms with Crippen molar-refractivity contribution in [2.75, 3.05) is 12.4 Å². The number of benzene rings is 1. The fraction of sp³-hybridized carbons (Fsp3) is 0.417. The second-order valence-corrected chi connectivity index (χ2v) is 3.07. The molecule has 1 aromatic carbocycles. The summed E-state index contributed by atoms with van der Waals surface area (Å²) in [6.07, 6.45) is 2.64. The molecule has 0 radical (unpaired) electrons. The largest absolute Gasteiger partial charge is 0.341 e. The average Bonchev–Trinajstić information content (AvgIpc) is 2.30. The summed E-state index contributed by atoms with van der Waals surface area (Å²) in [7, 11) is 1.58. The minimum atomic E-state index is -0.198. The van der Waals surface area contributed by atoms with Crippen molar-refractivity contribution >= 4 is 11.7 Å². The van der Waals surface area contributed by atoms with Crippen LogP contribution in [0.3, 0.4) is 0 Å². The molecule has 2 amide bonds. The van der Waals surface area contributed by atoms with Gasteiger partial charge in [-0.1, -0.05) is 44.9 Å². The first kappa shape index (κ1) is 13.5. The highest BCUT2D eigenvalue weighted by Crippen LogP contribution is 2.03. The van der Waals surface area contributed by atoms with E-state index in [0.29, 0.717) is 0 Å². The zero-order valence-electron chi connectivity index (χ0n) is 9.71. The fourth-order valence-electron chi connectivity index (χ4n) is 0.715. The van der Waals surface area contributed by atoms with Crippen LogP contribution in [0.25, 0.3) is 0 Å². The van der Waals surface area contributed by atoms with Gasteiger partial charge < -0.3 is 10.6 Å². The molecule has 0 aliphatic carbocycles. The maximum atomic E-state index is 10.8. The predicted molar refractivity (Wildman–Crippen MR) is 65.1 cm³/mol. The van der Waals surface area contributed by atoms with E-state index < -0.39 is 0 Å². The van der Waals surface area contributed by atoms with Crippen molar-refractivity contribution in [3.8, 4) is 0 Å². The number of carbonyl (C=O) groups is 1. The van der Waals surface area contributed by atoms with Crippen molar-refractivity contribution in [3.05, 3.63) is 30.3 Å². The van der Waals surface area contributed by atoms with Crippen LogP contribution >= 0.6 is 0 Å². The van der Waals surface area contributed by atoms with Crippen LogP contribution in [-0.4, -0.2) is 13.1 Å². The molecule has 0 unspecified atom stereocenters. The highest BCUT2D eigenvalue weighted by molar-refractivity contribution is 5.88. The Morgan fingerprint density at radius 3 is 2.07 bits per heavy atom. The van der Waals surface area contributed by atoms with E-state index in [9.17, 15) is 4.79 Å². The van der Waals surface area contributed by atoms with Gasteiger partial charge >= 0.3 is 6.03 Å². The van der Waals surface area contributed by atoms with E-state index in [4.69, 9.17) is 0 Å². The molecule has 0 aromatic heterocycles. The molecule has 0 aliphatic rings. The van der Waals surface area contributed by atoms with Gasteiger partial charge in [-0.2, -0.15) is 0 Å². The molecule has 1 rings (SSSR count). The standard InChI is InChI=1S/C8H10N2O.C4H10/c1-9-8(11)10-7-5-3-2-4-6-7;1-3-4-2/h2-6H,1H3,(H2,9,10,11);3-4H2,1-2H3. The molecule has 0 atom stereocenters. The van der Waals surface area contributed by atoms with Gasteiger partial charge in [0.25, 0.3) is 0 Å². The van der Waals surface area contributed by atoms with Gasteiger partial charge in [0.1, 0.15) is 0 Å². The Kier molecular flexibility index (Phi) is 8.15. The molecule has 0 saturated heterocycles. The summed E-state index contributed by atoms with van der Waals surface area (Å²) >= 11 is 0. The Labute approximate surface area is 91.9 Å². The zero-order chi connectivity index (χ0) is 11.5. The smallest absolute Gasteiger partial charge is 0.318 e. The van der Waals surface area contributed by atoms with Gasteiger partial charge in [-0.15, -0.1) is 0 Å². The Morgan fingerprint density at radius 2 is 1.67 bits per heavy atom. The predicted octanol–water partition coefficient (Wildman–Crippen LogP) is 3.24. The number of para-hydroxylation sites is 1. The van der Waals surface area contributed by atoms with Gasteiger partial charge in [-0.3, -0.25) is 0 Å². The summed E-state index contributed by atoms with van der Waals surface area (Å²) in [6, 6.07) is 9.09. The summed E-state index contributed by atoms with van der Waals surface area (Å²) in [5.41, 5.74) is 0.798. The molecule has 15 heavy (non-hydrogen) atoms. The number of carbonyl (C=O) groups excluding carboxylic acids is 1. The number of nitrogens with one attached hydrogen (secondary N) is 2.